The molecule has 3 rings (SSSR count). The van der Waals surface area contributed by atoms with Crippen molar-refractivity contribution < 1.29 is 14.7 Å². The number of hydrogen-bond donors (Lipinski definition) is 1. The average Bonchev–Trinajstić information content (AvgIpc) is 2.70. The fourth-order valence-corrected chi connectivity index (χ4v) is 2.94. The molecule has 1 heterocycles. The van der Waals surface area contributed by atoms with E-state index in [1.54, 1.807) is 49.5 Å². The van der Waals surface area contributed by atoms with E-state index in [0.717, 1.165) is 0 Å². The standard InChI is InChI=1S/C17H14ClNO3/c1-19-14-8-7-12(18)9-13(14)17(22,16(19)21)10-15(20)11-5-3-2-4-6-11/h2-9,22H,10H2,1H3. The van der Waals surface area contributed by atoms with Crippen molar-refractivity contribution in [2.45, 2.75) is 12.0 Å². The van der Waals surface area contributed by atoms with E-state index in [2.05, 4.69) is 0 Å². The van der Waals surface area contributed by atoms with Crippen molar-refractivity contribution in [1.29, 1.82) is 0 Å². The molecule has 0 radical (unpaired) electrons. The normalized spacial score (nSPS) is 20.1. The van der Waals surface area contributed by atoms with E-state index in [-0.39, 0.29) is 12.2 Å². The molecule has 22 heavy (non-hydrogen) atoms. The van der Waals surface area contributed by atoms with Crippen LogP contribution >= 0.6 is 11.6 Å². The highest BCUT2D eigenvalue weighted by atomic mass is 35.5. The molecular formula is C17H14ClNO3. The third-order valence-electron chi connectivity index (χ3n) is 3.94. The molecule has 0 spiro atoms. The maximum atomic E-state index is 12.4. The zero-order valence-electron chi connectivity index (χ0n) is 11.9. The summed E-state index contributed by atoms with van der Waals surface area (Å²) in [5, 5.41) is 11.3. The number of nitrogens with zero attached hydrogens (tertiary/aromatic N) is 1. The summed E-state index contributed by atoms with van der Waals surface area (Å²) in [5.74, 6) is -0.813. The summed E-state index contributed by atoms with van der Waals surface area (Å²) < 4.78 is 0. The zero-order chi connectivity index (χ0) is 15.9. The number of rotatable bonds is 3. The summed E-state index contributed by atoms with van der Waals surface area (Å²) in [4.78, 5) is 26.2. The maximum Gasteiger partial charge on any atom is 0.263 e. The van der Waals surface area contributed by atoms with Crippen molar-refractivity contribution in [1.82, 2.24) is 0 Å². The fraction of sp³-hybridized carbons (Fsp3) is 0.176. The van der Waals surface area contributed by atoms with Crippen LogP contribution in [0.5, 0.6) is 0 Å². The Bertz CT molecular complexity index is 760. The average molecular weight is 316 g/mol. The highest BCUT2D eigenvalue weighted by Crippen LogP contribution is 2.43. The number of fused-ring (bicyclic) bond motifs is 1. The topological polar surface area (TPSA) is 57.6 Å². The van der Waals surface area contributed by atoms with Crippen molar-refractivity contribution in [2.75, 3.05) is 11.9 Å². The van der Waals surface area contributed by atoms with Crippen molar-refractivity contribution in [3.8, 4) is 0 Å². The number of hydrogen-bond acceptors (Lipinski definition) is 3. The van der Waals surface area contributed by atoms with E-state index in [1.807, 2.05) is 0 Å². The summed E-state index contributed by atoms with van der Waals surface area (Å²) in [6.45, 7) is 0. The van der Waals surface area contributed by atoms with Crippen molar-refractivity contribution in [3.05, 3.63) is 64.7 Å². The number of anilines is 1. The van der Waals surface area contributed by atoms with Gasteiger partial charge in [-0.25, -0.2) is 0 Å². The van der Waals surface area contributed by atoms with Gasteiger partial charge in [0.25, 0.3) is 5.91 Å². The second-order valence-corrected chi connectivity index (χ2v) is 5.79. The number of carbonyl (C=O) groups excluding carboxylic acids is 2. The zero-order valence-corrected chi connectivity index (χ0v) is 12.7. The van der Waals surface area contributed by atoms with Crippen LogP contribution in [0.25, 0.3) is 0 Å². The Morgan fingerprint density at radius 1 is 1.23 bits per heavy atom. The van der Waals surface area contributed by atoms with Gasteiger partial charge >= 0.3 is 0 Å². The van der Waals surface area contributed by atoms with Gasteiger partial charge in [-0.05, 0) is 18.2 Å². The lowest BCUT2D eigenvalue weighted by Gasteiger charge is -2.21. The quantitative estimate of drug-likeness (QED) is 0.886. The largest absolute Gasteiger partial charge is 0.375 e. The van der Waals surface area contributed by atoms with Crippen molar-refractivity contribution in [3.63, 3.8) is 0 Å². The van der Waals surface area contributed by atoms with Crippen LogP contribution in [-0.4, -0.2) is 23.8 Å². The Morgan fingerprint density at radius 3 is 2.59 bits per heavy atom. The van der Waals surface area contributed by atoms with Crippen molar-refractivity contribution >= 4 is 29.0 Å². The minimum absolute atomic E-state index is 0.294. The summed E-state index contributed by atoms with van der Waals surface area (Å²) in [6.07, 6.45) is -0.312. The second-order valence-electron chi connectivity index (χ2n) is 5.35. The maximum absolute atomic E-state index is 12.4. The highest BCUT2D eigenvalue weighted by Gasteiger charge is 2.49. The fourth-order valence-electron chi connectivity index (χ4n) is 2.76. The monoisotopic (exact) mass is 315 g/mol. The number of amides is 1. The first-order valence-electron chi connectivity index (χ1n) is 6.82. The van der Waals surface area contributed by atoms with Gasteiger partial charge in [0.05, 0.1) is 12.1 Å². The molecule has 0 bridgehead atoms. The van der Waals surface area contributed by atoms with E-state index in [9.17, 15) is 14.7 Å². The molecule has 1 N–H and O–H groups in total. The predicted octanol–water partition coefficient (Wildman–Crippen LogP) is 2.78. The van der Waals surface area contributed by atoms with Gasteiger partial charge in [-0.2, -0.15) is 0 Å². The number of benzene rings is 2. The van der Waals surface area contributed by atoms with Crippen LogP contribution in [0, 0.1) is 0 Å². The molecule has 0 saturated carbocycles. The number of aliphatic hydroxyl groups is 1. The Balaban J connectivity index is 2.01. The lowest BCUT2D eigenvalue weighted by molar-refractivity contribution is -0.135. The smallest absolute Gasteiger partial charge is 0.263 e. The van der Waals surface area contributed by atoms with Gasteiger partial charge in [-0.1, -0.05) is 41.9 Å². The molecule has 1 aliphatic rings. The molecule has 1 unspecified atom stereocenters. The Morgan fingerprint density at radius 2 is 1.91 bits per heavy atom. The molecule has 0 aromatic heterocycles. The number of likely N-dealkylation sites (N-methyl/N-ethyl adjacent to an activating group) is 1. The molecule has 4 nitrogen and oxygen atoms in total. The number of carbonyl (C=O) groups is 2. The van der Waals surface area contributed by atoms with Crippen LogP contribution in [0.3, 0.4) is 0 Å². The Labute approximate surface area is 132 Å². The molecular weight excluding hydrogens is 302 g/mol. The van der Waals surface area contributed by atoms with Crippen LogP contribution in [0.15, 0.2) is 48.5 Å². The lowest BCUT2D eigenvalue weighted by atomic mass is 9.88. The SMILES string of the molecule is CN1C(=O)C(O)(CC(=O)c2ccccc2)c2cc(Cl)ccc21. The predicted molar refractivity (Wildman–Crippen MR) is 84.1 cm³/mol. The molecule has 1 aliphatic heterocycles. The summed E-state index contributed by atoms with van der Waals surface area (Å²) in [5.41, 5.74) is -0.474. The minimum atomic E-state index is -1.87. The second kappa shape index (κ2) is 5.23. The van der Waals surface area contributed by atoms with E-state index in [1.165, 1.54) is 11.0 Å². The van der Waals surface area contributed by atoms with E-state index < -0.39 is 11.5 Å². The van der Waals surface area contributed by atoms with Crippen LogP contribution in [0.2, 0.25) is 5.02 Å². The summed E-state index contributed by atoms with van der Waals surface area (Å²) in [7, 11) is 1.57. The van der Waals surface area contributed by atoms with Crippen LogP contribution in [0.4, 0.5) is 5.69 Å². The van der Waals surface area contributed by atoms with Crippen LogP contribution in [-0.2, 0) is 10.4 Å². The van der Waals surface area contributed by atoms with Crippen molar-refractivity contribution in [2.24, 2.45) is 0 Å². The van der Waals surface area contributed by atoms with Gasteiger partial charge < -0.3 is 10.0 Å². The molecule has 1 amide bonds. The highest BCUT2D eigenvalue weighted by molar-refractivity contribution is 6.31. The molecule has 2 aromatic rings. The third-order valence-corrected chi connectivity index (χ3v) is 4.17. The van der Waals surface area contributed by atoms with Gasteiger partial charge in [-0.3, -0.25) is 9.59 Å². The first-order valence-corrected chi connectivity index (χ1v) is 7.20. The van der Waals surface area contributed by atoms with Crippen LogP contribution in [0.1, 0.15) is 22.3 Å². The molecule has 0 saturated heterocycles. The van der Waals surface area contributed by atoms with Gasteiger partial charge in [0.15, 0.2) is 11.4 Å². The van der Waals surface area contributed by atoms with Gasteiger partial charge in [0, 0.05) is 23.2 Å². The number of Topliss-reactive ketones (excluding diaryl/α,β-unsaturated/α-hetero) is 1. The Hall–Kier alpha value is -2.17. The van der Waals surface area contributed by atoms with Crippen LogP contribution < -0.4 is 4.90 Å². The molecule has 1 atom stereocenters. The first kappa shape index (κ1) is 14.8. The lowest BCUT2D eigenvalue weighted by Crippen LogP contribution is -2.40. The van der Waals surface area contributed by atoms with E-state index >= 15 is 0 Å². The Kier molecular flexibility index (Phi) is 3.51. The van der Waals surface area contributed by atoms with Gasteiger partial charge in [-0.15, -0.1) is 0 Å². The number of ketones is 1. The molecule has 5 heteroatoms. The summed E-state index contributed by atoms with van der Waals surface area (Å²) >= 11 is 5.97. The van der Waals surface area contributed by atoms with E-state index in [4.69, 9.17) is 11.6 Å². The molecule has 2 aromatic carbocycles. The first-order chi connectivity index (χ1) is 10.4. The minimum Gasteiger partial charge on any atom is -0.375 e. The van der Waals surface area contributed by atoms with Gasteiger partial charge in [0.1, 0.15) is 0 Å². The third kappa shape index (κ3) is 2.21. The summed E-state index contributed by atoms with van der Waals surface area (Å²) in [6, 6.07) is 13.5. The molecule has 0 aliphatic carbocycles. The molecule has 112 valence electrons. The molecule has 0 fully saturated rings. The van der Waals surface area contributed by atoms with Gasteiger partial charge in [0.2, 0.25) is 0 Å². The van der Waals surface area contributed by atoms with E-state index in [0.29, 0.717) is 21.8 Å². The number of halogens is 1.